The minimum absolute atomic E-state index is 0.372. The molecule has 0 aliphatic rings. The molecule has 0 spiro atoms. The van der Waals surface area contributed by atoms with E-state index in [0.29, 0.717) is 6.04 Å². The van der Waals surface area contributed by atoms with Crippen LogP contribution in [-0.4, -0.2) is 0 Å². The van der Waals surface area contributed by atoms with Crippen molar-refractivity contribution < 1.29 is 0 Å². The van der Waals surface area contributed by atoms with E-state index in [9.17, 15) is 0 Å². The lowest BCUT2D eigenvalue weighted by Gasteiger charge is -2.18. The Kier molecular flexibility index (Phi) is 4.61. The van der Waals surface area contributed by atoms with Gasteiger partial charge in [-0.1, -0.05) is 47.5 Å². The SMILES string of the molecule is Cc1ccc(CNC(C)c2ccc(C)cc2C)c(C)c1. The van der Waals surface area contributed by atoms with Gasteiger partial charge in [0.15, 0.2) is 0 Å². The van der Waals surface area contributed by atoms with Gasteiger partial charge in [-0.3, -0.25) is 0 Å². The van der Waals surface area contributed by atoms with Gasteiger partial charge in [0.1, 0.15) is 0 Å². The Morgan fingerprint density at radius 3 is 2.05 bits per heavy atom. The van der Waals surface area contributed by atoms with Gasteiger partial charge in [0.05, 0.1) is 0 Å². The fraction of sp³-hybridized carbons (Fsp3) is 0.368. The molecule has 0 aromatic heterocycles. The van der Waals surface area contributed by atoms with Crippen LogP contribution in [0.1, 0.15) is 46.3 Å². The zero-order chi connectivity index (χ0) is 14.7. The van der Waals surface area contributed by atoms with Gasteiger partial charge >= 0.3 is 0 Å². The standard InChI is InChI=1S/C19H25N/c1-13-6-8-18(15(3)10-13)12-20-17(5)19-9-7-14(2)11-16(19)4/h6-11,17,20H,12H2,1-5H3. The normalized spacial score (nSPS) is 12.4. The van der Waals surface area contributed by atoms with E-state index in [0.717, 1.165) is 6.54 Å². The van der Waals surface area contributed by atoms with E-state index in [4.69, 9.17) is 0 Å². The third-order valence-corrected chi connectivity index (χ3v) is 3.99. The summed E-state index contributed by atoms with van der Waals surface area (Å²) in [5.74, 6) is 0. The van der Waals surface area contributed by atoms with Crippen molar-refractivity contribution in [2.75, 3.05) is 0 Å². The van der Waals surface area contributed by atoms with Crippen LogP contribution in [0.2, 0.25) is 0 Å². The summed E-state index contributed by atoms with van der Waals surface area (Å²) in [4.78, 5) is 0. The van der Waals surface area contributed by atoms with E-state index in [1.807, 2.05) is 0 Å². The second-order valence-corrected chi connectivity index (χ2v) is 5.89. The molecule has 1 heteroatoms. The molecule has 0 saturated heterocycles. The summed E-state index contributed by atoms with van der Waals surface area (Å²) in [5, 5.41) is 3.64. The van der Waals surface area contributed by atoms with E-state index < -0.39 is 0 Å². The van der Waals surface area contributed by atoms with Crippen molar-refractivity contribution in [2.45, 2.75) is 47.2 Å². The molecule has 1 N–H and O–H groups in total. The maximum atomic E-state index is 3.64. The third kappa shape index (κ3) is 3.49. The van der Waals surface area contributed by atoms with E-state index >= 15 is 0 Å². The lowest BCUT2D eigenvalue weighted by molar-refractivity contribution is 0.571. The summed E-state index contributed by atoms with van der Waals surface area (Å²) in [6.45, 7) is 11.8. The summed E-state index contributed by atoms with van der Waals surface area (Å²) in [7, 11) is 0. The molecule has 1 nitrogen and oxygen atoms in total. The molecular formula is C19H25N. The number of benzene rings is 2. The molecule has 0 bridgehead atoms. The first-order chi connectivity index (χ1) is 9.47. The highest BCUT2D eigenvalue weighted by Gasteiger charge is 2.08. The number of nitrogens with one attached hydrogen (secondary N) is 1. The average Bonchev–Trinajstić information content (AvgIpc) is 2.37. The van der Waals surface area contributed by atoms with Crippen LogP contribution in [0.4, 0.5) is 0 Å². The van der Waals surface area contributed by atoms with E-state index in [-0.39, 0.29) is 0 Å². The Morgan fingerprint density at radius 1 is 0.850 bits per heavy atom. The van der Waals surface area contributed by atoms with E-state index in [1.54, 1.807) is 0 Å². The minimum Gasteiger partial charge on any atom is -0.306 e. The predicted octanol–water partition coefficient (Wildman–Crippen LogP) is 4.77. The summed E-state index contributed by atoms with van der Waals surface area (Å²) in [6.07, 6.45) is 0. The largest absolute Gasteiger partial charge is 0.306 e. The molecule has 2 aromatic carbocycles. The zero-order valence-electron chi connectivity index (χ0n) is 13.2. The van der Waals surface area contributed by atoms with Gasteiger partial charge in [0.25, 0.3) is 0 Å². The lowest BCUT2D eigenvalue weighted by Crippen LogP contribution is -2.19. The highest BCUT2D eigenvalue weighted by atomic mass is 14.9. The fourth-order valence-corrected chi connectivity index (χ4v) is 2.73. The first kappa shape index (κ1) is 14.8. The Bertz CT molecular complexity index is 599. The van der Waals surface area contributed by atoms with Gasteiger partial charge in [0, 0.05) is 12.6 Å². The van der Waals surface area contributed by atoms with Crippen molar-refractivity contribution >= 4 is 0 Å². The summed E-state index contributed by atoms with van der Waals surface area (Å²) < 4.78 is 0. The monoisotopic (exact) mass is 267 g/mol. The third-order valence-electron chi connectivity index (χ3n) is 3.99. The number of hydrogen-bond donors (Lipinski definition) is 1. The Hall–Kier alpha value is -1.60. The Morgan fingerprint density at radius 2 is 1.45 bits per heavy atom. The topological polar surface area (TPSA) is 12.0 Å². The van der Waals surface area contributed by atoms with Crippen molar-refractivity contribution in [1.29, 1.82) is 0 Å². The quantitative estimate of drug-likeness (QED) is 0.841. The summed E-state index contributed by atoms with van der Waals surface area (Å²) in [5.41, 5.74) is 8.16. The molecule has 0 saturated carbocycles. The van der Waals surface area contributed by atoms with Crippen molar-refractivity contribution in [3.63, 3.8) is 0 Å². The van der Waals surface area contributed by atoms with Crippen LogP contribution in [0, 0.1) is 27.7 Å². The summed E-state index contributed by atoms with van der Waals surface area (Å²) >= 11 is 0. The van der Waals surface area contributed by atoms with Crippen LogP contribution in [0.25, 0.3) is 0 Å². The molecule has 0 fully saturated rings. The van der Waals surface area contributed by atoms with Crippen LogP contribution in [-0.2, 0) is 6.54 Å². The van der Waals surface area contributed by atoms with Gasteiger partial charge in [-0.25, -0.2) is 0 Å². The molecule has 0 heterocycles. The first-order valence-corrected chi connectivity index (χ1v) is 7.34. The van der Waals surface area contributed by atoms with E-state index in [1.165, 1.54) is 33.4 Å². The fourth-order valence-electron chi connectivity index (χ4n) is 2.73. The number of aryl methyl sites for hydroxylation is 4. The molecule has 2 aromatic rings. The van der Waals surface area contributed by atoms with Crippen molar-refractivity contribution in [1.82, 2.24) is 5.32 Å². The first-order valence-electron chi connectivity index (χ1n) is 7.34. The molecule has 1 atom stereocenters. The molecule has 2 rings (SSSR count). The predicted molar refractivity (Wildman–Crippen MR) is 87.1 cm³/mol. The van der Waals surface area contributed by atoms with Gasteiger partial charge in [-0.2, -0.15) is 0 Å². The number of rotatable bonds is 4. The highest BCUT2D eigenvalue weighted by molar-refractivity contribution is 5.33. The molecular weight excluding hydrogens is 242 g/mol. The maximum Gasteiger partial charge on any atom is 0.0297 e. The van der Waals surface area contributed by atoms with Gasteiger partial charge < -0.3 is 5.32 Å². The van der Waals surface area contributed by atoms with Crippen molar-refractivity contribution in [2.24, 2.45) is 0 Å². The number of hydrogen-bond acceptors (Lipinski definition) is 1. The van der Waals surface area contributed by atoms with Gasteiger partial charge in [-0.15, -0.1) is 0 Å². The second-order valence-electron chi connectivity index (χ2n) is 5.89. The molecule has 0 aliphatic carbocycles. The van der Waals surface area contributed by atoms with Crippen molar-refractivity contribution in [3.8, 4) is 0 Å². The molecule has 1 unspecified atom stereocenters. The molecule has 0 aliphatic heterocycles. The van der Waals surface area contributed by atoms with Crippen LogP contribution in [0.5, 0.6) is 0 Å². The van der Waals surface area contributed by atoms with Crippen molar-refractivity contribution in [3.05, 3.63) is 69.8 Å². The van der Waals surface area contributed by atoms with Gasteiger partial charge in [0.2, 0.25) is 0 Å². The Balaban J connectivity index is 2.06. The zero-order valence-corrected chi connectivity index (χ0v) is 13.2. The molecule has 106 valence electrons. The molecule has 0 amide bonds. The highest BCUT2D eigenvalue weighted by Crippen LogP contribution is 2.19. The van der Waals surface area contributed by atoms with Gasteiger partial charge in [-0.05, 0) is 56.9 Å². The molecule has 20 heavy (non-hydrogen) atoms. The average molecular weight is 267 g/mol. The lowest BCUT2D eigenvalue weighted by atomic mass is 9.99. The van der Waals surface area contributed by atoms with Crippen LogP contribution < -0.4 is 5.32 Å². The maximum absolute atomic E-state index is 3.64. The minimum atomic E-state index is 0.372. The van der Waals surface area contributed by atoms with Crippen LogP contribution >= 0.6 is 0 Å². The van der Waals surface area contributed by atoms with Crippen LogP contribution in [0.3, 0.4) is 0 Å². The summed E-state index contributed by atoms with van der Waals surface area (Å²) in [6, 6.07) is 13.7. The van der Waals surface area contributed by atoms with Crippen LogP contribution in [0.15, 0.2) is 36.4 Å². The smallest absolute Gasteiger partial charge is 0.0297 e. The molecule has 0 radical (unpaired) electrons. The second kappa shape index (κ2) is 6.23. The van der Waals surface area contributed by atoms with E-state index in [2.05, 4.69) is 76.3 Å². The Labute approximate surface area is 123 Å².